The van der Waals surface area contributed by atoms with E-state index in [1.165, 1.54) is 0 Å². The van der Waals surface area contributed by atoms with E-state index in [4.69, 9.17) is 21.3 Å². The van der Waals surface area contributed by atoms with Gasteiger partial charge >= 0.3 is 6.09 Å². The number of amides is 1. The van der Waals surface area contributed by atoms with Crippen LogP contribution in [-0.2, 0) is 14.6 Å². The molecule has 9 heteroatoms. The minimum Gasteiger partial charge on any atom is -0.444 e. The number of pyridine rings is 1. The van der Waals surface area contributed by atoms with Crippen molar-refractivity contribution in [3.8, 4) is 0 Å². The highest BCUT2D eigenvalue weighted by atomic mass is 35.5. The second-order valence-corrected chi connectivity index (χ2v) is 10.9. The Morgan fingerprint density at radius 1 is 1.28 bits per heavy atom. The van der Waals surface area contributed by atoms with Crippen molar-refractivity contribution in [2.75, 3.05) is 29.5 Å². The molecule has 1 amide bonds. The summed E-state index contributed by atoms with van der Waals surface area (Å²) in [6, 6.07) is 7.06. The van der Waals surface area contributed by atoms with Crippen LogP contribution in [0, 0.1) is 0 Å². The number of para-hydroxylation sites is 1. The average molecular weight is 440 g/mol. The standard InChI is InChI=1S/C20H26ClN3O4S/c1-13(22-19(25)28-20(2,3)4)15-12-14-6-5-7-16(21)17(14)23-18(15)24-8-10-29(26,27)11-9-24/h5-7,12-13H,8-11H2,1-4H3,(H,22,25)/t13-/m0/s1. The first-order valence-electron chi connectivity index (χ1n) is 9.49. The number of rotatable bonds is 3. The second kappa shape index (κ2) is 7.99. The zero-order valence-corrected chi connectivity index (χ0v) is 18.6. The van der Waals surface area contributed by atoms with Crippen LogP contribution in [0.5, 0.6) is 0 Å². The first-order chi connectivity index (χ1) is 13.5. The van der Waals surface area contributed by atoms with Gasteiger partial charge in [0.25, 0.3) is 0 Å². The van der Waals surface area contributed by atoms with Crippen molar-refractivity contribution >= 4 is 44.3 Å². The number of halogens is 1. The van der Waals surface area contributed by atoms with Crippen molar-refractivity contribution < 1.29 is 17.9 Å². The monoisotopic (exact) mass is 439 g/mol. The van der Waals surface area contributed by atoms with Gasteiger partial charge in [0.15, 0.2) is 9.84 Å². The summed E-state index contributed by atoms with van der Waals surface area (Å²) in [6.45, 7) is 7.94. The molecule has 1 aliphatic heterocycles. The van der Waals surface area contributed by atoms with Crippen LogP contribution in [0.2, 0.25) is 5.02 Å². The van der Waals surface area contributed by atoms with Gasteiger partial charge in [-0.3, -0.25) is 0 Å². The highest BCUT2D eigenvalue weighted by Gasteiger charge is 2.27. The van der Waals surface area contributed by atoms with E-state index in [1.807, 2.05) is 30.0 Å². The molecular formula is C20H26ClN3O4S. The largest absolute Gasteiger partial charge is 0.444 e. The average Bonchev–Trinajstić information content (AvgIpc) is 2.59. The Labute approximate surface area is 176 Å². The molecule has 1 aliphatic rings. The minimum atomic E-state index is -3.03. The molecule has 1 saturated heterocycles. The molecule has 3 rings (SSSR count). The molecule has 29 heavy (non-hydrogen) atoms. The van der Waals surface area contributed by atoms with Gasteiger partial charge in [0.2, 0.25) is 0 Å². The number of carbonyl (C=O) groups is 1. The first kappa shape index (κ1) is 21.6. The fourth-order valence-electron chi connectivity index (χ4n) is 3.23. The molecule has 7 nitrogen and oxygen atoms in total. The Morgan fingerprint density at radius 3 is 2.55 bits per heavy atom. The fourth-order valence-corrected chi connectivity index (χ4v) is 4.65. The summed E-state index contributed by atoms with van der Waals surface area (Å²) >= 11 is 6.34. The van der Waals surface area contributed by atoms with Gasteiger partial charge in [0, 0.05) is 24.0 Å². The maximum absolute atomic E-state index is 12.3. The Morgan fingerprint density at radius 2 is 1.93 bits per heavy atom. The number of alkyl carbamates (subject to hydrolysis) is 1. The second-order valence-electron chi connectivity index (χ2n) is 8.22. The zero-order valence-electron chi connectivity index (χ0n) is 17.0. The van der Waals surface area contributed by atoms with Crippen molar-refractivity contribution in [2.24, 2.45) is 0 Å². The first-order valence-corrected chi connectivity index (χ1v) is 11.7. The lowest BCUT2D eigenvalue weighted by Crippen LogP contribution is -2.42. The number of hydrogen-bond acceptors (Lipinski definition) is 6. The Hall–Kier alpha value is -2.06. The molecule has 0 bridgehead atoms. The van der Waals surface area contributed by atoms with Crippen LogP contribution in [0.3, 0.4) is 0 Å². The summed E-state index contributed by atoms with van der Waals surface area (Å²) in [5.41, 5.74) is 0.818. The van der Waals surface area contributed by atoms with Crippen molar-refractivity contribution in [3.63, 3.8) is 0 Å². The van der Waals surface area contributed by atoms with E-state index in [0.717, 1.165) is 10.9 Å². The lowest BCUT2D eigenvalue weighted by molar-refractivity contribution is 0.0508. The number of hydrogen-bond donors (Lipinski definition) is 1. The molecule has 158 valence electrons. The van der Waals surface area contributed by atoms with Crippen molar-refractivity contribution in [3.05, 3.63) is 34.9 Å². The number of ether oxygens (including phenoxy) is 1. The third kappa shape index (κ3) is 5.30. The van der Waals surface area contributed by atoms with Crippen molar-refractivity contribution in [1.82, 2.24) is 10.3 Å². The predicted octanol–water partition coefficient (Wildman–Crippen LogP) is 3.71. The molecular weight excluding hydrogens is 414 g/mol. The van der Waals surface area contributed by atoms with Gasteiger partial charge in [0.1, 0.15) is 11.4 Å². The summed E-state index contributed by atoms with van der Waals surface area (Å²) in [5, 5.41) is 4.22. The highest BCUT2D eigenvalue weighted by Crippen LogP contribution is 2.32. The molecule has 1 atom stereocenters. The maximum Gasteiger partial charge on any atom is 0.408 e. The molecule has 1 aromatic carbocycles. The predicted molar refractivity (Wildman–Crippen MR) is 115 cm³/mol. The van der Waals surface area contributed by atoms with Gasteiger partial charge in [-0.05, 0) is 39.8 Å². The third-order valence-electron chi connectivity index (χ3n) is 4.65. The molecule has 0 spiro atoms. The number of aromatic nitrogens is 1. The molecule has 2 aromatic rings. The van der Waals surface area contributed by atoms with Crippen LogP contribution >= 0.6 is 11.6 Å². The highest BCUT2D eigenvalue weighted by molar-refractivity contribution is 7.91. The van der Waals surface area contributed by atoms with Gasteiger partial charge < -0.3 is 15.0 Å². The molecule has 0 saturated carbocycles. The van der Waals surface area contributed by atoms with Crippen molar-refractivity contribution in [1.29, 1.82) is 0 Å². The number of sulfone groups is 1. The number of carbonyl (C=O) groups excluding carboxylic acids is 1. The molecule has 1 fully saturated rings. The van der Waals surface area contributed by atoms with Crippen molar-refractivity contribution in [2.45, 2.75) is 39.3 Å². The summed E-state index contributed by atoms with van der Waals surface area (Å²) < 4.78 is 29.1. The lowest BCUT2D eigenvalue weighted by atomic mass is 10.1. The molecule has 0 radical (unpaired) electrons. The maximum atomic E-state index is 12.3. The summed E-state index contributed by atoms with van der Waals surface area (Å²) in [6.07, 6.45) is -0.525. The van der Waals surface area contributed by atoms with E-state index in [0.29, 0.717) is 29.4 Å². The van der Waals surface area contributed by atoms with Crippen LogP contribution in [0.15, 0.2) is 24.3 Å². The summed E-state index contributed by atoms with van der Waals surface area (Å²) in [7, 11) is -3.03. The molecule has 1 N–H and O–H groups in total. The van der Waals surface area contributed by atoms with Crippen LogP contribution < -0.4 is 10.2 Å². The van der Waals surface area contributed by atoms with Gasteiger partial charge in [-0.1, -0.05) is 23.7 Å². The zero-order chi connectivity index (χ0) is 21.4. The quantitative estimate of drug-likeness (QED) is 0.784. The molecule has 0 unspecified atom stereocenters. The van der Waals surface area contributed by atoms with Gasteiger partial charge in [-0.2, -0.15) is 0 Å². The number of anilines is 1. The van der Waals surface area contributed by atoms with E-state index in [1.54, 1.807) is 26.8 Å². The van der Waals surface area contributed by atoms with Gasteiger partial charge in [0.05, 0.1) is 28.1 Å². The Kier molecular flexibility index (Phi) is 5.96. The van der Waals surface area contributed by atoms with E-state index >= 15 is 0 Å². The van der Waals surface area contributed by atoms with E-state index in [-0.39, 0.29) is 11.5 Å². The van der Waals surface area contributed by atoms with Crippen LogP contribution in [0.1, 0.15) is 39.3 Å². The smallest absolute Gasteiger partial charge is 0.408 e. The van der Waals surface area contributed by atoms with Crippen LogP contribution in [-0.4, -0.2) is 49.7 Å². The minimum absolute atomic E-state index is 0.0720. The fraction of sp³-hybridized carbons (Fsp3) is 0.500. The number of nitrogens with zero attached hydrogens (tertiary/aromatic N) is 2. The lowest BCUT2D eigenvalue weighted by Gasteiger charge is -2.31. The SMILES string of the molecule is C[C@H](NC(=O)OC(C)(C)C)c1cc2cccc(Cl)c2nc1N1CCS(=O)(=O)CC1. The number of nitrogens with one attached hydrogen (secondary N) is 1. The molecule has 1 aromatic heterocycles. The number of benzene rings is 1. The van der Waals surface area contributed by atoms with Gasteiger partial charge in [-0.25, -0.2) is 18.2 Å². The topological polar surface area (TPSA) is 88.6 Å². The van der Waals surface area contributed by atoms with Crippen LogP contribution in [0.4, 0.5) is 10.6 Å². The number of fused-ring (bicyclic) bond motifs is 1. The van der Waals surface area contributed by atoms with E-state index < -0.39 is 27.6 Å². The third-order valence-corrected chi connectivity index (χ3v) is 6.56. The normalized spacial score (nSPS) is 17.8. The Bertz CT molecular complexity index is 1020. The van der Waals surface area contributed by atoms with Crippen LogP contribution in [0.25, 0.3) is 10.9 Å². The van der Waals surface area contributed by atoms with E-state index in [2.05, 4.69) is 5.32 Å². The van der Waals surface area contributed by atoms with E-state index in [9.17, 15) is 13.2 Å². The Balaban J connectivity index is 1.99. The molecule has 0 aliphatic carbocycles. The van der Waals surface area contributed by atoms with Gasteiger partial charge in [-0.15, -0.1) is 0 Å². The molecule has 2 heterocycles. The summed E-state index contributed by atoms with van der Waals surface area (Å²) in [5.74, 6) is 0.773. The summed E-state index contributed by atoms with van der Waals surface area (Å²) in [4.78, 5) is 19.0.